The second-order valence-corrected chi connectivity index (χ2v) is 5.81. The molecule has 3 nitrogen and oxygen atoms in total. The van der Waals surface area contributed by atoms with E-state index in [9.17, 15) is 5.11 Å². The van der Waals surface area contributed by atoms with Gasteiger partial charge in [0.2, 0.25) is 0 Å². The third-order valence-electron chi connectivity index (χ3n) is 3.59. The first-order chi connectivity index (χ1) is 9.10. The standard InChI is InChI=1S/C16H25NO2/c1-11(2)13-5-4-12(3)16(8-13)19-10-15(9-18)17-14-6-7-14/h4-5,8,11,14-15,17-18H,6-7,9-10H2,1-3H3. The summed E-state index contributed by atoms with van der Waals surface area (Å²) in [5.41, 5.74) is 2.43. The Balaban J connectivity index is 1.94. The number of aliphatic hydroxyl groups excluding tert-OH is 1. The van der Waals surface area contributed by atoms with Gasteiger partial charge in [-0.1, -0.05) is 26.0 Å². The van der Waals surface area contributed by atoms with Crippen LogP contribution in [0.1, 0.15) is 43.7 Å². The predicted molar refractivity (Wildman–Crippen MR) is 77.8 cm³/mol. The number of nitrogens with one attached hydrogen (secondary N) is 1. The predicted octanol–water partition coefficient (Wildman–Crippen LogP) is 2.61. The number of hydrogen-bond acceptors (Lipinski definition) is 3. The summed E-state index contributed by atoms with van der Waals surface area (Å²) in [5.74, 6) is 1.43. The van der Waals surface area contributed by atoms with Crippen molar-refractivity contribution in [2.45, 2.75) is 51.6 Å². The fourth-order valence-electron chi connectivity index (χ4n) is 2.06. The second-order valence-electron chi connectivity index (χ2n) is 5.81. The Morgan fingerprint density at radius 3 is 2.68 bits per heavy atom. The highest BCUT2D eigenvalue weighted by Crippen LogP contribution is 2.25. The number of ether oxygens (including phenoxy) is 1. The van der Waals surface area contributed by atoms with Crippen LogP contribution in [0.3, 0.4) is 0 Å². The highest BCUT2D eigenvalue weighted by molar-refractivity contribution is 5.37. The minimum Gasteiger partial charge on any atom is -0.492 e. The van der Waals surface area contributed by atoms with E-state index in [2.05, 4.69) is 44.3 Å². The molecule has 0 bridgehead atoms. The van der Waals surface area contributed by atoms with E-state index in [1.54, 1.807) is 0 Å². The first-order valence-corrected chi connectivity index (χ1v) is 7.20. The molecule has 0 aromatic heterocycles. The van der Waals surface area contributed by atoms with Gasteiger partial charge in [0.15, 0.2) is 0 Å². The third kappa shape index (κ3) is 4.22. The molecule has 2 N–H and O–H groups in total. The maximum atomic E-state index is 9.35. The first kappa shape index (κ1) is 14.4. The highest BCUT2D eigenvalue weighted by atomic mass is 16.5. The molecule has 0 aliphatic heterocycles. The quantitative estimate of drug-likeness (QED) is 0.794. The van der Waals surface area contributed by atoms with Gasteiger partial charge in [-0.05, 0) is 42.9 Å². The summed E-state index contributed by atoms with van der Waals surface area (Å²) in [6, 6.07) is 7.00. The van der Waals surface area contributed by atoms with Crippen LogP contribution in [-0.2, 0) is 0 Å². The molecule has 1 aromatic rings. The smallest absolute Gasteiger partial charge is 0.122 e. The zero-order valence-electron chi connectivity index (χ0n) is 12.1. The molecule has 1 aliphatic rings. The van der Waals surface area contributed by atoms with Crippen molar-refractivity contribution in [1.82, 2.24) is 5.32 Å². The van der Waals surface area contributed by atoms with Gasteiger partial charge in [0, 0.05) is 6.04 Å². The lowest BCUT2D eigenvalue weighted by Gasteiger charge is -2.18. The van der Waals surface area contributed by atoms with Crippen molar-refractivity contribution in [3.8, 4) is 5.75 Å². The number of hydrogen-bond donors (Lipinski definition) is 2. The molecule has 1 aliphatic carbocycles. The largest absolute Gasteiger partial charge is 0.492 e. The zero-order valence-corrected chi connectivity index (χ0v) is 12.1. The van der Waals surface area contributed by atoms with Gasteiger partial charge in [-0.3, -0.25) is 0 Å². The molecule has 19 heavy (non-hydrogen) atoms. The van der Waals surface area contributed by atoms with Gasteiger partial charge < -0.3 is 15.2 Å². The Hall–Kier alpha value is -1.06. The Bertz CT molecular complexity index is 413. The average molecular weight is 263 g/mol. The molecule has 2 rings (SSSR count). The second kappa shape index (κ2) is 6.40. The summed E-state index contributed by atoms with van der Waals surface area (Å²) in [7, 11) is 0. The van der Waals surface area contributed by atoms with Gasteiger partial charge in [0.1, 0.15) is 12.4 Å². The molecule has 0 amide bonds. The van der Waals surface area contributed by atoms with Crippen LogP contribution in [0.4, 0.5) is 0 Å². The lowest BCUT2D eigenvalue weighted by atomic mass is 10.0. The van der Waals surface area contributed by atoms with Crippen molar-refractivity contribution in [1.29, 1.82) is 0 Å². The monoisotopic (exact) mass is 263 g/mol. The fraction of sp³-hybridized carbons (Fsp3) is 0.625. The van der Waals surface area contributed by atoms with E-state index >= 15 is 0 Å². The molecule has 1 saturated carbocycles. The number of aryl methyl sites for hydroxylation is 1. The molecule has 0 heterocycles. The van der Waals surface area contributed by atoms with Crippen molar-refractivity contribution >= 4 is 0 Å². The van der Waals surface area contributed by atoms with Crippen molar-refractivity contribution in [3.63, 3.8) is 0 Å². The average Bonchev–Trinajstić information content (AvgIpc) is 3.19. The van der Waals surface area contributed by atoms with E-state index in [4.69, 9.17) is 4.74 Å². The SMILES string of the molecule is Cc1ccc(C(C)C)cc1OCC(CO)NC1CC1. The first-order valence-electron chi connectivity index (χ1n) is 7.20. The molecule has 1 aromatic carbocycles. The molecule has 0 spiro atoms. The van der Waals surface area contributed by atoms with Crippen LogP contribution in [0.5, 0.6) is 5.75 Å². The van der Waals surface area contributed by atoms with Crippen LogP contribution in [0, 0.1) is 6.92 Å². The fourth-order valence-corrected chi connectivity index (χ4v) is 2.06. The molecule has 106 valence electrons. The van der Waals surface area contributed by atoms with Gasteiger partial charge in [-0.2, -0.15) is 0 Å². The maximum absolute atomic E-state index is 9.35. The number of benzene rings is 1. The Kier molecular flexibility index (Phi) is 4.83. The van der Waals surface area contributed by atoms with Crippen LogP contribution in [-0.4, -0.2) is 30.4 Å². The van der Waals surface area contributed by atoms with E-state index in [1.165, 1.54) is 18.4 Å². The van der Waals surface area contributed by atoms with Crippen LogP contribution in [0.25, 0.3) is 0 Å². The molecule has 0 radical (unpaired) electrons. The van der Waals surface area contributed by atoms with Gasteiger partial charge in [-0.15, -0.1) is 0 Å². The summed E-state index contributed by atoms with van der Waals surface area (Å²) in [5, 5.41) is 12.7. The maximum Gasteiger partial charge on any atom is 0.122 e. The van der Waals surface area contributed by atoms with E-state index < -0.39 is 0 Å². The Labute approximate surface area is 116 Å². The summed E-state index contributed by atoms with van der Waals surface area (Å²) >= 11 is 0. The molecular formula is C16H25NO2. The van der Waals surface area contributed by atoms with Gasteiger partial charge in [0.25, 0.3) is 0 Å². The third-order valence-corrected chi connectivity index (χ3v) is 3.59. The Morgan fingerprint density at radius 1 is 1.37 bits per heavy atom. The molecule has 1 atom stereocenters. The van der Waals surface area contributed by atoms with Crippen LogP contribution >= 0.6 is 0 Å². The molecule has 0 saturated heterocycles. The minimum absolute atomic E-state index is 0.0367. The van der Waals surface area contributed by atoms with Crippen LogP contribution in [0.2, 0.25) is 0 Å². The van der Waals surface area contributed by atoms with Crippen LogP contribution < -0.4 is 10.1 Å². The molecule has 1 fully saturated rings. The summed E-state index contributed by atoms with van der Waals surface area (Å²) in [4.78, 5) is 0. The van der Waals surface area contributed by atoms with Crippen LogP contribution in [0.15, 0.2) is 18.2 Å². The summed E-state index contributed by atoms with van der Waals surface area (Å²) in [6.45, 7) is 7.07. The van der Waals surface area contributed by atoms with E-state index in [0.29, 0.717) is 18.6 Å². The van der Waals surface area contributed by atoms with Gasteiger partial charge in [0.05, 0.1) is 12.6 Å². The summed E-state index contributed by atoms with van der Waals surface area (Å²) in [6.07, 6.45) is 2.44. The van der Waals surface area contributed by atoms with Crippen molar-refractivity contribution in [2.24, 2.45) is 0 Å². The van der Waals surface area contributed by atoms with E-state index in [-0.39, 0.29) is 12.6 Å². The lowest BCUT2D eigenvalue weighted by molar-refractivity contribution is 0.181. The van der Waals surface area contributed by atoms with Crippen molar-refractivity contribution in [3.05, 3.63) is 29.3 Å². The van der Waals surface area contributed by atoms with Gasteiger partial charge >= 0.3 is 0 Å². The van der Waals surface area contributed by atoms with E-state index in [1.807, 2.05) is 0 Å². The van der Waals surface area contributed by atoms with Gasteiger partial charge in [-0.25, -0.2) is 0 Å². The minimum atomic E-state index is 0.0367. The Morgan fingerprint density at radius 2 is 2.11 bits per heavy atom. The number of rotatable bonds is 7. The molecule has 1 unspecified atom stereocenters. The highest BCUT2D eigenvalue weighted by Gasteiger charge is 2.24. The number of aliphatic hydroxyl groups is 1. The van der Waals surface area contributed by atoms with E-state index in [0.717, 1.165) is 11.3 Å². The topological polar surface area (TPSA) is 41.5 Å². The van der Waals surface area contributed by atoms with Crippen molar-refractivity contribution < 1.29 is 9.84 Å². The summed E-state index contributed by atoms with van der Waals surface area (Å²) < 4.78 is 5.89. The molecule has 3 heteroatoms. The van der Waals surface area contributed by atoms with Crippen molar-refractivity contribution in [2.75, 3.05) is 13.2 Å². The zero-order chi connectivity index (χ0) is 13.8. The lowest BCUT2D eigenvalue weighted by Crippen LogP contribution is -2.39. The normalized spacial score (nSPS) is 16.7. The molecular weight excluding hydrogens is 238 g/mol.